The van der Waals surface area contributed by atoms with Crippen molar-refractivity contribution in [2.75, 3.05) is 5.33 Å². The van der Waals surface area contributed by atoms with E-state index >= 15 is 0 Å². The summed E-state index contributed by atoms with van der Waals surface area (Å²) in [6.07, 6.45) is 10.7. The highest BCUT2D eigenvalue weighted by Gasteiger charge is 2.63. The minimum Gasteiger partial charge on any atom is -0.390 e. The Morgan fingerprint density at radius 3 is 1.55 bits per heavy atom. The number of halogens is 7. The Balaban J connectivity index is 0.000000161. The van der Waals surface area contributed by atoms with Gasteiger partial charge in [-0.25, -0.2) is 0 Å². The SMILES string of the molecule is C[C@@]1(O)CC[C@H]2[C@H](CC[C@@H]3[C@@H]2CC[C@@]2(C)[C@H]3C[C@@H](C#N)[C@@H]2C(=O)CBr)C1.C[C@@]1(O)CC[C@H]2[C@H](CC[C@@H]3[C@@H]2CC[C@@]2(C)[C@H]3C[C@@H](C#N)[C@@H]2C(=O)Cn2cc(C(F)(F)F)cn2)C1.FC(F)(F)c1cn[nH]c1. The van der Waals surface area contributed by atoms with Gasteiger partial charge >= 0.3 is 12.4 Å². The minimum atomic E-state index is -4.50. The molecule has 0 spiro atoms. The lowest BCUT2D eigenvalue weighted by molar-refractivity contribution is -0.138. The lowest BCUT2D eigenvalue weighted by Gasteiger charge is -2.56. The third-order valence-corrected chi connectivity index (χ3v) is 20.4. The Morgan fingerprint density at radius 1 is 0.696 bits per heavy atom. The van der Waals surface area contributed by atoms with Gasteiger partial charge in [0.1, 0.15) is 5.78 Å². The molecule has 8 aliphatic rings. The van der Waals surface area contributed by atoms with Crippen LogP contribution in [-0.2, 0) is 28.5 Å². The van der Waals surface area contributed by atoms with Crippen LogP contribution >= 0.6 is 15.9 Å². The molecule has 0 aromatic carbocycles. The van der Waals surface area contributed by atoms with Crippen molar-refractivity contribution < 1.29 is 46.1 Å². The zero-order chi connectivity index (χ0) is 50.1. The number of nitrogens with one attached hydrogen (secondary N) is 1. The van der Waals surface area contributed by atoms with Crippen LogP contribution in [0.15, 0.2) is 24.8 Å². The first-order valence-electron chi connectivity index (χ1n) is 25.3. The van der Waals surface area contributed by atoms with Gasteiger partial charge in [-0.1, -0.05) is 29.8 Å². The number of carbonyl (C=O) groups is 2. The molecule has 0 saturated heterocycles. The van der Waals surface area contributed by atoms with Gasteiger partial charge in [-0.2, -0.15) is 47.1 Å². The summed E-state index contributed by atoms with van der Waals surface area (Å²) in [5.41, 5.74) is -2.93. The Labute approximate surface area is 410 Å². The molecular weight excluding hydrogens is 967 g/mol. The molecule has 18 atom stereocenters. The highest BCUT2D eigenvalue weighted by molar-refractivity contribution is 9.09. The number of rotatable bonds is 5. The van der Waals surface area contributed by atoms with Crippen molar-refractivity contribution in [2.24, 2.45) is 93.7 Å². The molecule has 0 bridgehead atoms. The fourth-order valence-electron chi connectivity index (χ4n) is 17.0. The molecule has 2 aromatic heterocycles. The maximum Gasteiger partial charge on any atom is 0.419 e. The van der Waals surface area contributed by atoms with E-state index in [0.717, 1.165) is 118 Å². The molecule has 10 rings (SSSR count). The number of H-pyrrole nitrogens is 1. The summed E-state index contributed by atoms with van der Waals surface area (Å²) in [6, 6.07) is 4.89. The average Bonchev–Trinajstić information content (AvgIpc) is 4.10. The Bertz CT molecular complexity index is 2250. The van der Waals surface area contributed by atoms with Crippen LogP contribution < -0.4 is 0 Å². The van der Waals surface area contributed by atoms with Gasteiger partial charge in [0.05, 0.1) is 70.6 Å². The van der Waals surface area contributed by atoms with Crippen molar-refractivity contribution in [3.63, 3.8) is 0 Å². The van der Waals surface area contributed by atoms with Crippen LogP contribution in [0.5, 0.6) is 0 Å². The predicted octanol–water partition coefficient (Wildman–Crippen LogP) is 11.4. The molecule has 8 fully saturated rings. The molecule has 0 unspecified atom stereocenters. The van der Waals surface area contributed by atoms with Crippen LogP contribution in [0.2, 0.25) is 0 Å². The largest absolute Gasteiger partial charge is 0.419 e. The second-order valence-corrected chi connectivity index (χ2v) is 24.4. The van der Waals surface area contributed by atoms with Gasteiger partial charge in [0.2, 0.25) is 0 Å². The maximum absolute atomic E-state index is 13.4. The summed E-state index contributed by atoms with van der Waals surface area (Å²) in [5, 5.41) is 50.2. The van der Waals surface area contributed by atoms with Gasteiger partial charge in [-0.3, -0.25) is 19.4 Å². The summed E-state index contributed by atoms with van der Waals surface area (Å²) in [6.45, 7) is 8.20. The molecule has 8 aliphatic carbocycles. The number of aromatic nitrogens is 4. The molecule has 17 heteroatoms. The third kappa shape index (κ3) is 10.1. The van der Waals surface area contributed by atoms with Crippen LogP contribution in [0.1, 0.15) is 142 Å². The van der Waals surface area contributed by atoms with E-state index in [2.05, 4.69) is 57.2 Å². The third-order valence-electron chi connectivity index (χ3n) is 19.9. The Kier molecular flexibility index (Phi) is 14.6. The van der Waals surface area contributed by atoms with Crippen molar-refractivity contribution in [2.45, 2.75) is 161 Å². The first-order chi connectivity index (χ1) is 32.3. The number of aliphatic hydroxyl groups is 2. The Morgan fingerprint density at radius 2 is 1.16 bits per heavy atom. The van der Waals surface area contributed by atoms with Crippen molar-refractivity contribution >= 4 is 27.5 Å². The summed E-state index contributed by atoms with van der Waals surface area (Å²) in [7, 11) is 0. The summed E-state index contributed by atoms with van der Waals surface area (Å²) < 4.78 is 74.6. The number of alkyl halides is 7. The first kappa shape index (κ1) is 52.1. The number of aromatic amines is 1. The summed E-state index contributed by atoms with van der Waals surface area (Å²) in [4.78, 5) is 26.1. The van der Waals surface area contributed by atoms with Crippen molar-refractivity contribution in [1.29, 1.82) is 10.5 Å². The fourth-order valence-corrected chi connectivity index (χ4v) is 17.4. The molecule has 2 aromatic rings. The summed E-state index contributed by atoms with van der Waals surface area (Å²) in [5.74, 6) is 4.95. The summed E-state index contributed by atoms with van der Waals surface area (Å²) >= 11 is 3.36. The van der Waals surface area contributed by atoms with Gasteiger partial charge in [0, 0.05) is 24.2 Å². The fraction of sp³-hybridized carbons (Fsp3) is 0.808. The second kappa shape index (κ2) is 19.3. The van der Waals surface area contributed by atoms with Crippen LogP contribution in [0, 0.1) is 116 Å². The highest BCUT2D eigenvalue weighted by Crippen LogP contribution is 2.68. The molecule has 10 nitrogen and oxygen atoms in total. The van der Waals surface area contributed by atoms with E-state index in [-0.39, 0.29) is 46.7 Å². The number of nitrogens with zero attached hydrogens (tertiary/aromatic N) is 5. The van der Waals surface area contributed by atoms with Gasteiger partial charge in [-0.15, -0.1) is 0 Å². The monoisotopic (exact) mass is 1030 g/mol. The average molecular weight is 1040 g/mol. The van der Waals surface area contributed by atoms with E-state index in [4.69, 9.17) is 0 Å². The molecular formula is C52H69BrF6N6O4. The number of nitriles is 2. The van der Waals surface area contributed by atoms with Crippen LogP contribution in [0.4, 0.5) is 26.3 Å². The molecule has 0 amide bonds. The lowest BCUT2D eigenvalue weighted by Crippen LogP contribution is -2.51. The normalized spacial score (nSPS) is 43.2. The zero-order valence-corrected chi connectivity index (χ0v) is 41.8. The number of ketones is 2. The van der Waals surface area contributed by atoms with Crippen molar-refractivity contribution in [1.82, 2.24) is 20.0 Å². The van der Waals surface area contributed by atoms with Crippen molar-refractivity contribution in [3.8, 4) is 12.1 Å². The maximum atomic E-state index is 13.4. The first-order valence-corrected chi connectivity index (χ1v) is 26.5. The highest BCUT2D eigenvalue weighted by atomic mass is 79.9. The number of carbonyl (C=O) groups excluding carboxylic acids is 2. The smallest absolute Gasteiger partial charge is 0.390 e. The predicted molar refractivity (Wildman–Crippen MR) is 246 cm³/mol. The number of fused-ring (bicyclic) bond motifs is 10. The van der Waals surface area contributed by atoms with E-state index in [9.17, 15) is 56.7 Å². The van der Waals surface area contributed by atoms with Crippen molar-refractivity contribution in [3.05, 3.63) is 35.9 Å². The van der Waals surface area contributed by atoms with E-state index in [1.54, 1.807) is 0 Å². The van der Waals surface area contributed by atoms with Gasteiger partial charge < -0.3 is 10.2 Å². The molecule has 2 heterocycles. The van der Waals surface area contributed by atoms with Gasteiger partial charge in [-0.05, 0) is 187 Å². The van der Waals surface area contributed by atoms with Gasteiger partial charge in [0.15, 0.2) is 5.78 Å². The van der Waals surface area contributed by atoms with E-state index in [1.807, 2.05) is 13.8 Å². The van der Waals surface area contributed by atoms with Crippen LogP contribution in [0.3, 0.4) is 0 Å². The zero-order valence-electron chi connectivity index (χ0n) is 40.2. The van der Waals surface area contributed by atoms with Crippen LogP contribution in [0.25, 0.3) is 0 Å². The molecule has 69 heavy (non-hydrogen) atoms. The number of hydrogen-bond acceptors (Lipinski definition) is 8. The second-order valence-electron chi connectivity index (χ2n) is 23.8. The number of hydrogen-bond donors (Lipinski definition) is 3. The molecule has 0 radical (unpaired) electrons. The number of Topliss-reactive ketones (excluding diaryl/α,β-unsaturated/α-hetero) is 2. The molecule has 8 saturated carbocycles. The minimum absolute atomic E-state index is 0.0133. The molecule has 3 N–H and O–H groups in total. The van der Waals surface area contributed by atoms with E-state index < -0.39 is 46.5 Å². The van der Waals surface area contributed by atoms with E-state index in [1.165, 1.54) is 19.3 Å². The lowest BCUT2D eigenvalue weighted by atomic mass is 9.49. The standard InChI is InChI=1S/C26H34F3N3O2.C22H32BrNO2.C4H3F3N2/c1-24(34)7-5-18-15(10-24)3-4-20-19(18)6-8-25(2)21(20)9-16(11-30)23(25)22(33)14-32-13-17(12-31-32)26(27,28)29;1-21(26)7-5-15-13(10-21)3-4-17-16(15)6-8-22(2)18(17)9-14(12-24)20(22)19(25)11-23;5-4(6,7)3-1-8-9-2-3/h12-13,15-16,18-21,23,34H,3-10,14H2,1-2H3;13-18,20,26H,3-11H2,1-2H3;1-2H,(H,8,9)/t15-,16+,18+,19-,20-,21+,23-,24-,25+;13-,14+,15+,16-,17-,18+,20-,21-,22+;/m11./s1. The van der Waals surface area contributed by atoms with Gasteiger partial charge in [0.25, 0.3) is 0 Å². The van der Waals surface area contributed by atoms with E-state index in [0.29, 0.717) is 53.2 Å². The molecule has 0 aliphatic heterocycles. The molecule has 380 valence electrons. The van der Waals surface area contributed by atoms with Crippen LogP contribution in [-0.4, -0.2) is 58.3 Å². The quantitative estimate of drug-likeness (QED) is 0.196. The Hall–Kier alpha value is -3.28. The topological polar surface area (TPSA) is 169 Å².